The van der Waals surface area contributed by atoms with Crippen LogP contribution < -0.4 is 0 Å². The molecule has 1 aliphatic carbocycles. The van der Waals surface area contributed by atoms with E-state index in [1.54, 1.807) is 0 Å². The molecule has 0 radical (unpaired) electrons. The van der Waals surface area contributed by atoms with E-state index in [0.29, 0.717) is 5.92 Å². The zero-order valence-corrected chi connectivity index (χ0v) is 6.71. The summed E-state index contributed by atoms with van der Waals surface area (Å²) in [6.07, 6.45) is 1.76. The van der Waals surface area contributed by atoms with Crippen molar-refractivity contribution in [2.45, 2.75) is 12.8 Å². The molecule has 0 aromatic rings. The van der Waals surface area contributed by atoms with Gasteiger partial charge in [0.25, 0.3) is 0 Å². The lowest BCUT2D eigenvalue weighted by Crippen LogP contribution is -2.35. The summed E-state index contributed by atoms with van der Waals surface area (Å²) in [6.45, 7) is 1.93. The monoisotopic (exact) mass is 155 g/mol. The van der Waals surface area contributed by atoms with Crippen LogP contribution >= 0.6 is 0 Å². The van der Waals surface area contributed by atoms with Crippen LogP contribution in [0.3, 0.4) is 0 Å². The summed E-state index contributed by atoms with van der Waals surface area (Å²) >= 11 is 0. The molecule has 0 spiro atoms. The van der Waals surface area contributed by atoms with Gasteiger partial charge in [-0.2, -0.15) is 0 Å². The maximum Gasteiger partial charge on any atom is 0.310 e. The number of carboxylic acids is 1. The van der Waals surface area contributed by atoms with Gasteiger partial charge in [-0.25, -0.2) is 0 Å². The summed E-state index contributed by atoms with van der Waals surface area (Å²) < 4.78 is 0. The van der Waals surface area contributed by atoms with E-state index in [9.17, 15) is 4.79 Å². The first-order chi connectivity index (χ1) is 5.15. The van der Waals surface area contributed by atoms with Gasteiger partial charge < -0.3 is 10.0 Å². The van der Waals surface area contributed by atoms with Crippen molar-refractivity contribution in [3.8, 4) is 0 Å². The third kappa shape index (κ3) is 0.872. The van der Waals surface area contributed by atoms with Crippen molar-refractivity contribution in [2.24, 2.45) is 11.3 Å². The number of hydrogen-bond acceptors (Lipinski definition) is 2. The van der Waals surface area contributed by atoms with Crippen LogP contribution in [-0.4, -0.2) is 36.1 Å². The van der Waals surface area contributed by atoms with Gasteiger partial charge in [-0.05, 0) is 32.4 Å². The number of aliphatic carboxylic acids is 1. The zero-order valence-electron chi connectivity index (χ0n) is 6.71. The summed E-state index contributed by atoms with van der Waals surface area (Å²) in [5.41, 5.74) is -0.299. The van der Waals surface area contributed by atoms with Gasteiger partial charge in [-0.3, -0.25) is 4.79 Å². The van der Waals surface area contributed by atoms with Gasteiger partial charge in [0.2, 0.25) is 0 Å². The minimum atomic E-state index is -0.574. The molecule has 2 rings (SSSR count). The van der Waals surface area contributed by atoms with E-state index >= 15 is 0 Å². The Balaban J connectivity index is 2.08. The Bertz CT molecular complexity index is 204. The molecule has 1 heterocycles. The lowest BCUT2D eigenvalue weighted by atomic mass is 9.96. The molecule has 0 bridgehead atoms. The van der Waals surface area contributed by atoms with Crippen molar-refractivity contribution < 1.29 is 9.90 Å². The molecule has 1 aliphatic heterocycles. The molecule has 2 unspecified atom stereocenters. The van der Waals surface area contributed by atoms with E-state index in [4.69, 9.17) is 5.11 Å². The van der Waals surface area contributed by atoms with Crippen LogP contribution in [-0.2, 0) is 4.79 Å². The van der Waals surface area contributed by atoms with Crippen LogP contribution in [0.25, 0.3) is 0 Å². The van der Waals surface area contributed by atoms with Crippen LogP contribution in [0.4, 0.5) is 0 Å². The molecule has 1 N–H and O–H groups in total. The highest BCUT2D eigenvalue weighted by molar-refractivity contribution is 5.78. The standard InChI is InChI=1S/C8H13NO2/c1-9-3-2-8(7(10)11)4-6(8)5-9/h6H,2-5H2,1H3,(H,10,11). The Labute approximate surface area is 66.0 Å². The van der Waals surface area contributed by atoms with Crippen molar-refractivity contribution in [1.82, 2.24) is 4.90 Å². The van der Waals surface area contributed by atoms with Crippen LogP contribution in [0.5, 0.6) is 0 Å². The highest BCUT2D eigenvalue weighted by atomic mass is 16.4. The second-order valence-electron chi connectivity index (χ2n) is 3.87. The molecule has 3 heteroatoms. The lowest BCUT2D eigenvalue weighted by molar-refractivity contribution is -0.145. The Hall–Kier alpha value is -0.570. The van der Waals surface area contributed by atoms with E-state index in [0.717, 1.165) is 25.9 Å². The smallest absolute Gasteiger partial charge is 0.310 e. The number of nitrogens with zero attached hydrogens (tertiary/aromatic N) is 1. The highest BCUT2D eigenvalue weighted by Gasteiger charge is 2.61. The molecular weight excluding hydrogens is 142 g/mol. The fourth-order valence-corrected chi connectivity index (χ4v) is 2.15. The topological polar surface area (TPSA) is 40.5 Å². The summed E-state index contributed by atoms with van der Waals surface area (Å²) in [6, 6.07) is 0. The van der Waals surface area contributed by atoms with Crippen LogP contribution in [0.2, 0.25) is 0 Å². The number of fused-ring (bicyclic) bond motifs is 1. The molecule has 1 saturated carbocycles. The minimum Gasteiger partial charge on any atom is -0.481 e. The molecule has 62 valence electrons. The molecule has 0 amide bonds. The fourth-order valence-electron chi connectivity index (χ4n) is 2.15. The summed E-state index contributed by atoms with van der Waals surface area (Å²) in [5, 5.41) is 8.91. The number of likely N-dealkylation sites (tertiary alicyclic amines) is 1. The average Bonchev–Trinajstić information content (AvgIpc) is 2.62. The number of piperidine rings is 1. The Morgan fingerprint density at radius 2 is 2.45 bits per heavy atom. The maximum absolute atomic E-state index is 10.8. The second kappa shape index (κ2) is 1.97. The zero-order chi connectivity index (χ0) is 8.06. The van der Waals surface area contributed by atoms with Crippen molar-refractivity contribution in [3.63, 3.8) is 0 Å². The summed E-state index contributed by atoms with van der Waals surface area (Å²) in [4.78, 5) is 13.0. The predicted molar refractivity (Wildman–Crippen MR) is 40.3 cm³/mol. The molecule has 0 aromatic heterocycles. The van der Waals surface area contributed by atoms with Gasteiger partial charge in [0, 0.05) is 6.54 Å². The molecule has 2 atom stereocenters. The first-order valence-electron chi connectivity index (χ1n) is 4.07. The maximum atomic E-state index is 10.8. The number of hydrogen-bond donors (Lipinski definition) is 1. The van der Waals surface area contributed by atoms with Gasteiger partial charge in [-0.15, -0.1) is 0 Å². The molecule has 2 aliphatic rings. The highest BCUT2D eigenvalue weighted by Crippen LogP contribution is 2.57. The number of carbonyl (C=O) groups is 1. The van der Waals surface area contributed by atoms with Crippen molar-refractivity contribution in [1.29, 1.82) is 0 Å². The Morgan fingerprint density at radius 1 is 1.73 bits per heavy atom. The SMILES string of the molecule is CN1CCC2(C(=O)O)CC2C1. The number of rotatable bonds is 1. The quantitative estimate of drug-likeness (QED) is 0.596. The summed E-state index contributed by atoms with van der Waals surface area (Å²) in [5.74, 6) is -0.130. The Morgan fingerprint density at radius 3 is 3.00 bits per heavy atom. The molecule has 1 saturated heterocycles. The Kier molecular flexibility index (Phi) is 1.27. The van der Waals surface area contributed by atoms with Gasteiger partial charge in [0.05, 0.1) is 5.41 Å². The largest absolute Gasteiger partial charge is 0.481 e. The van der Waals surface area contributed by atoms with Crippen molar-refractivity contribution >= 4 is 5.97 Å². The van der Waals surface area contributed by atoms with Crippen LogP contribution in [0.15, 0.2) is 0 Å². The van der Waals surface area contributed by atoms with Gasteiger partial charge in [0.15, 0.2) is 0 Å². The number of carboxylic acid groups (broad SMARTS) is 1. The second-order valence-corrected chi connectivity index (χ2v) is 3.87. The summed E-state index contributed by atoms with van der Waals surface area (Å²) in [7, 11) is 2.06. The molecule has 11 heavy (non-hydrogen) atoms. The van der Waals surface area contributed by atoms with E-state index in [-0.39, 0.29) is 5.41 Å². The first-order valence-corrected chi connectivity index (χ1v) is 4.07. The van der Waals surface area contributed by atoms with E-state index in [2.05, 4.69) is 11.9 Å². The fraction of sp³-hybridized carbons (Fsp3) is 0.875. The average molecular weight is 155 g/mol. The van der Waals surface area contributed by atoms with Gasteiger partial charge in [-0.1, -0.05) is 0 Å². The van der Waals surface area contributed by atoms with E-state index < -0.39 is 5.97 Å². The van der Waals surface area contributed by atoms with Gasteiger partial charge in [0.1, 0.15) is 0 Å². The molecule has 0 aromatic carbocycles. The minimum absolute atomic E-state index is 0.299. The van der Waals surface area contributed by atoms with Crippen LogP contribution in [0.1, 0.15) is 12.8 Å². The molecule has 2 fully saturated rings. The predicted octanol–water partition coefficient (Wildman–Crippen LogP) is 0.413. The third-order valence-electron chi connectivity index (χ3n) is 3.13. The third-order valence-corrected chi connectivity index (χ3v) is 3.13. The normalized spacial score (nSPS) is 43.2. The van der Waals surface area contributed by atoms with E-state index in [1.165, 1.54) is 0 Å². The van der Waals surface area contributed by atoms with Crippen molar-refractivity contribution in [3.05, 3.63) is 0 Å². The molecular formula is C8H13NO2. The van der Waals surface area contributed by atoms with Gasteiger partial charge >= 0.3 is 5.97 Å². The lowest BCUT2D eigenvalue weighted by Gasteiger charge is -2.25. The van der Waals surface area contributed by atoms with Crippen LogP contribution in [0, 0.1) is 11.3 Å². The van der Waals surface area contributed by atoms with Crippen molar-refractivity contribution in [2.75, 3.05) is 20.1 Å². The first kappa shape index (κ1) is 7.10. The van der Waals surface area contributed by atoms with E-state index in [1.807, 2.05) is 0 Å². The molecule has 3 nitrogen and oxygen atoms in total.